The maximum atomic E-state index is 13.5. The third-order valence-electron chi connectivity index (χ3n) is 2.95. The average molecular weight is 323 g/mol. The topological polar surface area (TPSA) is 35.5 Å². The molecule has 1 rings (SSSR count). The quantitative estimate of drug-likeness (QED) is 0.790. The standard InChI is InChI=1S/C14H21Cl2FN2O/c1-9(18-7-14(2,20)8-19(3)4)10-5-13(17)12(16)6-11(10)15/h5-6,9,18,20H,7-8H2,1-4H3. The summed E-state index contributed by atoms with van der Waals surface area (Å²) in [6.07, 6.45) is 0. The zero-order valence-electron chi connectivity index (χ0n) is 12.2. The zero-order chi connectivity index (χ0) is 15.5. The van der Waals surface area contributed by atoms with Gasteiger partial charge in [-0.25, -0.2) is 4.39 Å². The van der Waals surface area contributed by atoms with Crippen LogP contribution in [0.15, 0.2) is 12.1 Å². The Morgan fingerprint density at radius 1 is 1.35 bits per heavy atom. The summed E-state index contributed by atoms with van der Waals surface area (Å²) in [4.78, 5) is 1.90. The van der Waals surface area contributed by atoms with Gasteiger partial charge in [0, 0.05) is 24.2 Å². The molecule has 0 amide bonds. The van der Waals surface area contributed by atoms with Crippen molar-refractivity contribution in [3.05, 3.63) is 33.6 Å². The molecular formula is C14H21Cl2FN2O. The second kappa shape index (κ2) is 7.05. The predicted octanol–water partition coefficient (Wildman–Crippen LogP) is 3.10. The Labute approximate surface area is 129 Å². The number of hydrogen-bond acceptors (Lipinski definition) is 3. The van der Waals surface area contributed by atoms with Crippen molar-refractivity contribution in [2.75, 3.05) is 27.2 Å². The van der Waals surface area contributed by atoms with Crippen LogP contribution in [0.1, 0.15) is 25.5 Å². The fraction of sp³-hybridized carbons (Fsp3) is 0.571. The molecule has 0 spiro atoms. The minimum atomic E-state index is -0.880. The summed E-state index contributed by atoms with van der Waals surface area (Å²) < 4.78 is 13.5. The highest BCUT2D eigenvalue weighted by atomic mass is 35.5. The highest BCUT2D eigenvalue weighted by Crippen LogP contribution is 2.28. The van der Waals surface area contributed by atoms with Gasteiger partial charge in [0.05, 0.1) is 10.6 Å². The van der Waals surface area contributed by atoms with Crippen molar-refractivity contribution in [2.45, 2.75) is 25.5 Å². The molecule has 0 aliphatic carbocycles. The van der Waals surface area contributed by atoms with Gasteiger partial charge in [-0.2, -0.15) is 0 Å². The first-order valence-corrected chi connectivity index (χ1v) is 7.13. The normalized spacial score (nSPS) is 16.2. The van der Waals surface area contributed by atoms with Gasteiger partial charge in [-0.1, -0.05) is 23.2 Å². The summed E-state index contributed by atoms with van der Waals surface area (Å²) in [6, 6.07) is 2.52. The van der Waals surface area contributed by atoms with Crippen LogP contribution in [0.25, 0.3) is 0 Å². The number of halogens is 3. The maximum absolute atomic E-state index is 13.5. The van der Waals surface area contributed by atoms with Crippen LogP contribution in [0, 0.1) is 5.82 Å². The van der Waals surface area contributed by atoms with Crippen LogP contribution in [-0.4, -0.2) is 42.8 Å². The fourth-order valence-electron chi connectivity index (χ4n) is 2.09. The minimum Gasteiger partial charge on any atom is -0.388 e. The number of benzene rings is 1. The minimum absolute atomic E-state index is 0.00514. The number of likely N-dealkylation sites (N-methyl/N-ethyl adjacent to an activating group) is 1. The molecule has 0 fully saturated rings. The molecule has 0 saturated heterocycles. The molecule has 2 N–H and O–H groups in total. The lowest BCUT2D eigenvalue weighted by Crippen LogP contribution is -2.46. The van der Waals surface area contributed by atoms with Gasteiger partial charge in [-0.3, -0.25) is 0 Å². The molecule has 0 saturated carbocycles. The van der Waals surface area contributed by atoms with E-state index in [0.717, 1.165) is 0 Å². The van der Waals surface area contributed by atoms with Crippen molar-refractivity contribution < 1.29 is 9.50 Å². The van der Waals surface area contributed by atoms with Crippen LogP contribution < -0.4 is 5.32 Å². The van der Waals surface area contributed by atoms with E-state index in [1.807, 2.05) is 25.9 Å². The van der Waals surface area contributed by atoms with E-state index in [1.165, 1.54) is 12.1 Å². The molecule has 3 nitrogen and oxygen atoms in total. The molecule has 1 aromatic carbocycles. The van der Waals surface area contributed by atoms with E-state index >= 15 is 0 Å². The highest BCUT2D eigenvalue weighted by molar-refractivity contribution is 6.35. The molecule has 0 aliphatic rings. The lowest BCUT2D eigenvalue weighted by Gasteiger charge is -2.29. The summed E-state index contributed by atoms with van der Waals surface area (Å²) in [6.45, 7) is 4.50. The van der Waals surface area contributed by atoms with Crippen LogP contribution in [0.4, 0.5) is 4.39 Å². The van der Waals surface area contributed by atoms with Crippen LogP contribution in [0.5, 0.6) is 0 Å². The molecule has 2 unspecified atom stereocenters. The molecule has 0 radical (unpaired) electrons. The van der Waals surface area contributed by atoms with E-state index in [4.69, 9.17) is 23.2 Å². The second-order valence-corrected chi connectivity index (χ2v) is 6.44. The summed E-state index contributed by atoms with van der Waals surface area (Å²) in [5.74, 6) is -0.500. The number of hydrogen-bond donors (Lipinski definition) is 2. The van der Waals surface area contributed by atoms with Crippen molar-refractivity contribution in [1.82, 2.24) is 10.2 Å². The van der Waals surface area contributed by atoms with E-state index < -0.39 is 11.4 Å². The predicted molar refractivity (Wildman–Crippen MR) is 82.0 cm³/mol. The van der Waals surface area contributed by atoms with Gasteiger partial charge in [-0.05, 0) is 45.6 Å². The Morgan fingerprint density at radius 2 is 1.95 bits per heavy atom. The Hall–Kier alpha value is -0.390. The zero-order valence-corrected chi connectivity index (χ0v) is 13.7. The van der Waals surface area contributed by atoms with Crippen molar-refractivity contribution in [3.63, 3.8) is 0 Å². The lowest BCUT2D eigenvalue weighted by atomic mass is 10.0. The first-order valence-electron chi connectivity index (χ1n) is 6.37. The van der Waals surface area contributed by atoms with E-state index in [1.54, 1.807) is 6.92 Å². The molecule has 0 heterocycles. The molecule has 0 bridgehead atoms. The summed E-state index contributed by atoms with van der Waals surface area (Å²) in [5.41, 5.74) is -0.260. The van der Waals surface area contributed by atoms with Crippen LogP contribution >= 0.6 is 23.2 Å². The third kappa shape index (κ3) is 5.19. The molecule has 0 aromatic heterocycles. The fourth-order valence-corrected chi connectivity index (χ4v) is 2.64. The SMILES string of the molecule is CC(NCC(C)(O)CN(C)C)c1cc(F)c(Cl)cc1Cl. The van der Waals surface area contributed by atoms with Gasteiger partial charge in [0.2, 0.25) is 0 Å². The number of rotatable bonds is 6. The van der Waals surface area contributed by atoms with E-state index in [2.05, 4.69) is 5.32 Å². The summed E-state index contributed by atoms with van der Waals surface area (Å²) in [5, 5.41) is 13.8. The summed E-state index contributed by atoms with van der Waals surface area (Å²) in [7, 11) is 3.78. The summed E-state index contributed by atoms with van der Waals surface area (Å²) >= 11 is 11.7. The first-order chi connectivity index (χ1) is 9.12. The largest absolute Gasteiger partial charge is 0.388 e. The van der Waals surface area contributed by atoms with Gasteiger partial charge in [0.1, 0.15) is 5.82 Å². The number of nitrogens with one attached hydrogen (secondary N) is 1. The van der Waals surface area contributed by atoms with Crippen LogP contribution in [0.3, 0.4) is 0 Å². The first kappa shape index (κ1) is 17.7. The number of nitrogens with zero attached hydrogens (tertiary/aromatic N) is 1. The van der Waals surface area contributed by atoms with Crippen LogP contribution in [0.2, 0.25) is 10.0 Å². The Balaban J connectivity index is 2.72. The smallest absolute Gasteiger partial charge is 0.142 e. The van der Waals surface area contributed by atoms with Gasteiger partial charge < -0.3 is 15.3 Å². The van der Waals surface area contributed by atoms with Gasteiger partial charge in [0.25, 0.3) is 0 Å². The Bertz CT molecular complexity index is 467. The maximum Gasteiger partial charge on any atom is 0.142 e. The monoisotopic (exact) mass is 322 g/mol. The third-order valence-corrected chi connectivity index (χ3v) is 3.57. The molecule has 2 atom stereocenters. The molecule has 1 aromatic rings. The molecule has 114 valence electrons. The highest BCUT2D eigenvalue weighted by Gasteiger charge is 2.23. The van der Waals surface area contributed by atoms with Crippen molar-refractivity contribution >= 4 is 23.2 Å². The van der Waals surface area contributed by atoms with Gasteiger partial charge in [0.15, 0.2) is 0 Å². The molecular weight excluding hydrogens is 302 g/mol. The van der Waals surface area contributed by atoms with E-state index in [9.17, 15) is 9.50 Å². The van der Waals surface area contributed by atoms with Crippen LogP contribution in [-0.2, 0) is 0 Å². The number of aliphatic hydroxyl groups is 1. The van der Waals surface area contributed by atoms with Crippen molar-refractivity contribution in [3.8, 4) is 0 Å². The van der Waals surface area contributed by atoms with Crippen molar-refractivity contribution in [2.24, 2.45) is 0 Å². The van der Waals surface area contributed by atoms with E-state index in [-0.39, 0.29) is 11.1 Å². The molecule has 20 heavy (non-hydrogen) atoms. The second-order valence-electron chi connectivity index (χ2n) is 5.63. The Kier molecular flexibility index (Phi) is 6.23. The molecule has 6 heteroatoms. The van der Waals surface area contributed by atoms with Gasteiger partial charge >= 0.3 is 0 Å². The van der Waals surface area contributed by atoms with Gasteiger partial charge in [-0.15, -0.1) is 0 Å². The lowest BCUT2D eigenvalue weighted by molar-refractivity contribution is 0.0317. The van der Waals surface area contributed by atoms with E-state index in [0.29, 0.717) is 23.7 Å². The molecule has 0 aliphatic heterocycles. The average Bonchev–Trinajstić information content (AvgIpc) is 2.29. The Morgan fingerprint density at radius 3 is 2.50 bits per heavy atom. The van der Waals surface area contributed by atoms with Crippen molar-refractivity contribution in [1.29, 1.82) is 0 Å².